The van der Waals surface area contributed by atoms with Crippen molar-refractivity contribution in [3.63, 3.8) is 0 Å². The van der Waals surface area contributed by atoms with Gasteiger partial charge >= 0.3 is 6.18 Å². The molecule has 2 heterocycles. The molecule has 0 aliphatic heterocycles. The van der Waals surface area contributed by atoms with Crippen LogP contribution < -0.4 is 15.4 Å². The number of hydrogen-bond acceptors (Lipinski definition) is 5. The molecule has 0 unspecified atom stereocenters. The Labute approximate surface area is 153 Å². The first-order valence-corrected chi connectivity index (χ1v) is 8.64. The summed E-state index contributed by atoms with van der Waals surface area (Å²) in [5, 5.41) is 7.16. The first kappa shape index (κ1) is 20.0. The predicted octanol–water partition coefficient (Wildman–Crippen LogP) is 2.92. The van der Waals surface area contributed by atoms with Gasteiger partial charge in [0.2, 0.25) is 5.88 Å². The van der Waals surface area contributed by atoms with Crippen molar-refractivity contribution in [2.45, 2.75) is 26.6 Å². The van der Waals surface area contributed by atoms with Gasteiger partial charge in [-0.1, -0.05) is 0 Å². The van der Waals surface area contributed by atoms with E-state index in [0.29, 0.717) is 19.0 Å². The zero-order valence-corrected chi connectivity index (χ0v) is 15.5. The number of alkyl halides is 3. The molecule has 2 rings (SSSR count). The Morgan fingerprint density at radius 2 is 2.04 bits per heavy atom. The summed E-state index contributed by atoms with van der Waals surface area (Å²) >= 11 is 1.63. The van der Waals surface area contributed by atoms with Crippen molar-refractivity contribution >= 4 is 17.3 Å². The number of hydrogen-bond donors (Lipinski definition) is 2. The van der Waals surface area contributed by atoms with Crippen LogP contribution in [0.15, 0.2) is 23.3 Å². The number of thiazole rings is 1. The molecule has 2 aromatic rings. The van der Waals surface area contributed by atoms with Crippen LogP contribution in [0.1, 0.15) is 21.1 Å². The molecular formula is C16H20F3N5OS. The zero-order chi connectivity index (χ0) is 19.2. The van der Waals surface area contributed by atoms with Gasteiger partial charge in [-0.25, -0.2) is 9.97 Å². The maximum absolute atomic E-state index is 12.5. The van der Waals surface area contributed by atoms with Gasteiger partial charge in [0.1, 0.15) is 11.6 Å². The lowest BCUT2D eigenvalue weighted by atomic mass is 10.3. The fourth-order valence-electron chi connectivity index (χ4n) is 1.95. The van der Waals surface area contributed by atoms with Crippen LogP contribution >= 0.6 is 11.3 Å². The highest BCUT2D eigenvalue weighted by molar-refractivity contribution is 7.11. The van der Waals surface area contributed by atoms with E-state index in [0.717, 1.165) is 23.0 Å². The van der Waals surface area contributed by atoms with Gasteiger partial charge in [0, 0.05) is 24.2 Å². The Morgan fingerprint density at radius 3 is 2.58 bits per heavy atom. The van der Waals surface area contributed by atoms with Gasteiger partial charge in [0.15, 0.2) is 5.96 Å². The van der Waals surface area contributed by atoms with E-state index in [4.69, 9.17) is 4.74 Å². The zero-order valence-electron chi connectivity index (χ0n) is 14.6. The minimum Gasteiger partial charge on any atom is -0.476 e. The minimum atomic E-state index is -4.40. The van der Waals surface area contributed by atoms with Gasteiger partial charge < -0.3 is 15.4 Å². The molecule has 0 fully saturated rings. The molecule has 0 radical (unpaired) electrons. The minimum absolute atomic E-state index is 0.136. The third-order valence-electron chi connectivity index (χ3n) is 3.41. The van der Waals surface area contributed by atoms with E-state index >= 15 is 0 Å². The average molecular weight is 387 g/mol. The largest absolute Gasteiger partial charge is 0.476 e. The topological polar surface area (TPSA) is 71.4 Å². The number of aromatic nitrogens is 2. The second-order valence-electron chi connectivity index (χ2n) is 5.33. The van der Waals surface area contributed by atoms with Crippen molar-refractivity contribution < 1.29 is 17.9 Å². The van der Waals surface area contributed by atoms with Gasteiger partial charge in [-0.15, -0.1) is 11.3 Å². The van der Waals surface area contributed by atoms with Crippen LogP contribution in [-0.4, -0.2) is 36.1 Å². The molecule has 0 aliphatic carbocycles. The van der Waals surface area contributed by atoms with Gasteiger partial charge in [-0.2, -0.15) is 13.2 Å². The highest BCUT2D eigenvalue weighted by Crippen LogP contribution is 2.29. The van der Waals surface area contributed by atoms with Crippen LogP contribution in [0.25, 0.3) is 0 Å². The van der Waals surface area contributed by atoms with E-state index < -0.39 is 11.7 Å². The first-order valence-electron chi connectivity index (χ1n) is 7.83. The van der Waals surface area contributed by atoms with Crippen LogP contribution in [0.2, 0.25) is 0 Å². The monoisotopic (exact) mass is 387 g/mol. The number of nitrogens with one attached hydrogen (secondary N) is 2. The molecule has 6 nitrogen and oxygen atoms in total. The Morgan fingerprint density at radius 1 is 1.27 bits per heavy atom. The maximum atomic E-state index is 12.5. The summed E-state index contributed by atoms with van der Waals surface area (Å²) in [6, 6.07) is 2.14. The van der Waals surface area contributed by atoms with Crippen LogP contribution in [0, 0.1) is 13.8 Å². The Kier molecular flexibility index (Phi) is 6.78. The number of aliphatic imine (C=N–C) groups is 1. The second-order valence-corrected chi connectivity index (χ2v) is 6.62. The van der Waals surface area contributed by atoms with E-state index in [-0.39, 0.29) is 12.5 Å². The molecule has 2 aromatic heterocycles. The van der Waals surface area contributed by atoms with Crippen LogP contribution in [0.3, 0.4) is 0 Å². The van der Waals surface area contributed by atoms with Crippen molar-refractivity contribution in [2.24, 2.45) is 4.99 Å². The van der Waals surface area contributed by atoms with Gasteiger partial charge in [0.05, 0.1) is 24.3 Å². The Balaban J connectivity index is 1.72. The standard InChI is InChI=1S/C16H20F3N5OS/c1-10-11(2)26-14(24-10)9-23-15(20-3)21-6-7-25-13-5-4-12(8-22-13)16(17,18)19/h4-5,8H,6-7,9H2,1-3H3,(H2,20,21,23). The molecule has 2 N–H and O–H groups in total. The average Bonchev–Trinajstić information content (AvgIpc) is 2.92. The van der Waals surface area contributed by atoms with Crippen LogP contribution in [-0.2, 0) is 12.7 Å². The van der Waals surface area contributed by atoms with Crippen molar-refractivity contribution in [2.75, 3.05) is 20.2 Å². The van der Waals surface area contributed by atoms with Gasteiger partial charge in [0.25, 0.3) is 0 Å². The van der Waals surface area contributed by atoms with E-state index in [2.05, 4.69) is 25.6 Å². The van der Waals surface area contributed by atoms with Crippen molar-refractivity contribution in [3.8, 4) is 5.88 Å². The lowest BCUT2D eigenvalue weighted by molar-refractivity contribution is -0.137. The lowest BCUT2D eigenvalue weighted by Gasteiger charge is -2.12. The summed E-state index contributed by atoms with van der Waals surface area (Å²) in [6.07, 6.45) is -3.65. The fourth-order valence-corrected chi connectivity index (χ4v) is 2.83. The second kappa shape index (κ2) is 8.84. The SMILES string of the molecule is CN=C(NCCOc1ccc(C(F)(F)F)cn1)NCc1nc(C)c(C)s1. The number of guanidine groups is 1. The normalized spacial score (nSPS) is 12.2. The molecule has 10 heteroatoms. The third-order valence-corrected chi connectivity index (χ3v) is 4.48. The summed E-state index contributed by atoms with van der Waals surface area (Å²) < 4.78 is 42.7. The highest BCUT2D eigenvalue weighted by atomic mass is 32.1. The number of halogens is 3. The van der Waals surface area contributed by atoms with Crippen molar-refractivity contribution in [1.82, 2.24) is 20.6 Å². The quantitative estimate of drug-likeness (QED) is 0.453. The Bertz CT molecular complexity index is 724. The summed E-state index contributed by atoms with van der Waals surface area (Å²) in [7, 11) is 1.64. The number of rotatable bonds is 6. The van der Waals surface area contributed by atoms with Crippen molar-refractivity contribution in [1.29, 1.82) is 0 Å². The molecule has 0 aromatic carbocycles. The summed E-state index contributed by atoms with van der Waals surface area (Å²) in [5.74, 6) is 0.718. The molecule has 0 atom stereocenters. The molecule has 142 valence electrons. The molecule has 0 saturated carbocycles. The number of pyridine rings is 1. The molecular weight excluding hydrogens is 367 g/mol. The van der Waals surface area contributed by atoms with E-state index in [9.17, 15) is 13.2 Å². The molecule has 0 bridgehead atoms. The number of aryl methyl sites for hydroxylation is 2. The first-order chi connectivity index (χ1) is 12.3. The van der Waals surface area contributed by atoms with Crippen molar-refractivity contribution in [3.05, 3.63) is 39.5 Å². The Hall–Kier alpha value is -2.36. The maximum Gasteiger partial charge on any atom is 0.417 e. The molecule has 0 aliphatic rings. The lowest BCUT2D eigenvalue weighted by Crippen LogP contribution is -2.38. The third kappa shape index (κ3) is 5.87. The van der Waals surface area contributed by atoms with Crippen LogP contribution in [0.5, 0.6) is 5.88 Å². The fraction of sp³-hybridized carbons (Fsp3) is 0.438. The van der Waals surface area contributed by atoms with Gasteiger partial charge in [-0.05, 0) is 19.9 Å². The predicted molar refractivity (Wildman–Crippen MR) is 94.5 cm³/mol. The molecule has 0 amide bonds. The summed E-state index contributed by atoms with van der Waals surface area (Å²) in [6.45, 7) is 5.19. The number of ether oxygens (including phenoxy) is 1. The van der Waals surface area contributed by atoms with E-state index in [1.54, 1.807) is 18.4 Å². The molecule has 26 heavy (non-hydrogen) atoms. The summed E-state index contributed by atoms with van der Waals surface area (Å²) in [5.41, 5.74) is 0.215. The van der Waals surface area contributed by atoms with E-state index in [1.165, 1.54) is 10.9 Å². The van der Waals surface area contributed by atoms with E-state index in [1.807, 2.05) is 13.8 Å². The van der Waals surface area contributed by atoms with Gasteiger partial charge in [-0.3, -0.25) is 4.99 Å². The highest BCUT2D eigenvalue weighted by Gasteiger charge is 2.30. The van der Waals surface area contributed by atoms with Crippen LogP contribution in [0.4, 0.5) is 13.2 Å². The summed E-state index contributed by atoms with van der Waals surface area (Å²) in [4.78, 5) is 13.4. The molecule has 0 saturated heterocycles. The number of nitrogens with zero attached hydrogens (tertiary/aromatic N) is 3. The molecule has 0 spiro atoms. The smallest absolute Gasteiger partial charge is 0.417 e.